The van der Waals surface area contributed by atoms with Crippen molar-refractivity contribution in [2.75, 3.05) is 0 Å². The van der Waals surface area contributed by atoms with E-state index in [0.717, 1.165) is 6.42 Å². The van der Waals surface area contributed by atoms with E-state index in [9.17, 15) is 10.1 Å². The van der Waals surface area contributed by atoms with E-state index in [0.29, 0.717) is 16.3 Å². The molecule has 1 aromatic carbocycles. The highest BCUT2D eigenvalue weighted by molar-refractivity contribution is 6.30. The van der Waals surface area contributed by atoms with Crippen LogP contribution in [-0.4, -0.2) is 19.9 Å². The van der Waals surface area contributed by atoms with E-state index in [2.05, 4.69) is 10.3 Å². The van der Waals surface area contributed by atoms with Gasteiger partial charge in [-0.1, -0.05) is 23.7 Å². The van der Waals surface area contributed by atoms with Gasteiger partial charge < -0.3 is 5.73 Å². The zero-order valence-corrected chi connectivity index (χ0v) is 11.6. The molecule has 2 N–H and O–H groups in total. The highest BCUT2D eigenvalue weighted by Gasteiger charge is 2.16. The second-order valence-corrected chi connectivity index (χ2v) is 4.82. The van der Waals surface area contributed by atoms with Gasteiger partial charge in [0.05, 0.1) is 35.0 Å². The Labute approximate surface area is 120 Å². The third-order valence-corrected chi connectivity index (χ3v) is 3.18. The van der Waals surface area contributed by atoms with Crippen molar-refractivity contribution in [2.24, 2.45) is 5.73 Å². The SMILES string of the molecule is CCC(N)c1cn(Cc2cc(Cl)ccc2[N+](=O)[O-])nn1. The molecular formula is C12H14ClN5O2. The maximum absolute atomic E-state index is 11.0. The largest absolute Gasteiger partial charge is 0.323 e. The van der Waals surface area contributed by atoms with Crippen LogP contribution in [0.1, 0.15) is 30.6 Å². The van der Waals surface area contributed by atoms with Gasteiger partial charge in [0.15, 0.2) is 0 Å². The lowest BCUT2D eigenvalue weighted by Gasteiger charge is -2.04. The average Bonchev–Trinajstić information content (AvgIpc) is 2.86. The van der Waals surface area contributed by atoms with Crippen LogP contribution >= 0.6 is 11.6 Å². The van der Waals surface area contributed by atoms with Gasteiger partial charge in [0.1, 0.15) is 0 Å². The number of nitrogens with zero attached hydrogens (tertiary/aromatic N) is 4. The Balaban J connectivity index is 2.27. The van der Waals surface area contributed by atoms with Gasteiger partial charge in [0.2, 0.25) is 0 Å². The fraction of sp³-hybridized carbons (Fsp3) is 0.333. The zero-order chi connectivity index (χ0) is 14.7. The van der Waals surface area contributed by atoms with Crippen molar-refractivity contribution >= 4 is 17.3 Å². The molecule has 0 fully saturated rings. The molecule has 1 atom stereocenters. The Kier molecular flexibility index (Phi) is 4.31. The van der Waals surface area contributed by atoms with Gasteiger partial charge in [0.25, 0.3) is 5.69 Å². The van der Waals surface area contributed by atoms with Crippen LogP contribution in [0.3, 0.4) is 0 Å². The molecule has 8 heteroatoms. The normalized spacial score (nSPS) is 12.3. The van der Waals surface area contributed by atoms with Gasteiger partial charge in [-0.3, -0.25) is 10.1 Å². The zero-order valence-electron chi connectivity index (χ0n) is 10.9. The topological polar surface area (TPSA) is 99.9 Å². The Bertz CT molecular complexity index is 628. The van der Waals surface area contributed by atoms with Crippen molar-refractivity contribution < 1.29 is 4.92 Å². The predicted octanol–water partition coefficient (Wildman–Crippen LogP) is 2.30. The molecule has 0 aliphatic rings. The highest BCUT2D eigenvalue weighted by Crippen LogP contribution is 2.23. The fourth-order valence-electron chi connectivity index (χ4n) is 1.80. The van der Waals surface area contributed by atoms with Crippen LogP contribution < -0.4 is 5.73 Å². The lowest BCUT2D eigenvalue weighted by Crippen LogP contribution is -2.09. The molecule has 0 aliphatic heterocycles. The van der Waals surface area contributed by atoms with Crippen molar-refractivity contribution in [1.82, 2.24) is 15.0 Å². The summed E-state index contributed by atoms with van der Waals surface area (Å²) in [5, 5.41) is 19.3. The summed E-state index contributed by atoms with van der Waals surface area (Å²) in [6, 6.07) is 4.25. The number of benzene rings is 1. The molecule has 1 heterocycles. The molecule has 0 saturated heterocycles. The first-order valence-electron chi connectivity index (χ1n) is 6.09. The van der Waals surface area contributed by atoms with E-state index >= 15 is 0 Å². The van der Waals surface area contributed by atoms with E-state index in [1.54, 1.807) is 12.3 Å². The van der Waals surface area contributed by atoms with Crippen LogP contribution in [0, 0.1) is 10.1 Å². The van der Waals surface area contributed by atoms with E-state index in [1.165, 1.54) is 16.8 Å². The Morgan fingerprint density at radius 3 is 2.95 bits per heavy atom. The quantitative estimate of drug-likeness (QED) is 0.674. The van der Waals surface area contributed by atoms with Crippen molar-refractivity contribution in [3.63, 3.8) is 0 Å². The summed E-state index contributed by atoms with van der Waals surface area (Å²) < 4.78 is 1.52. The van der Waals surface area contributed by atoms with E-state index < -0.39 is 4.92 Å². The number of hydrogen-bond acceptors (Lipinski definition) is 5. The fourth-order valence-corrected chi connectivity index (χ4v) is 2.00. The molecule has 0 radical (unpaired) electrons. The molecular weight excluding hydrogens is 282 g/mol. The minimum absolute atomic E-state index is 0.00578. The van der Waals surface area contributed by atoms with Gasteiger partial charge in [-0.15, -0.1) is 5.10 Å². The first-order valence-corrected chi connectivity index (χ1v) is 6.47. The van der Waals surface area contributed by atoms with Crippen molar-refractivity contribution in [3.8, 4) is 0 Å². The molecule has 106 valence electrons. The number of rotatable bonds is 5. The number of halogens is 1. The molecule has 0 bridgehead atoms. The van der Waals surface area contributed by atoms with Crippen molar-refractivity contribution in [2.45, 2.75) is 25.9 Å². The Hall–Kier alpha value is -1.99. The summed E-state index contributed by atoms with van der Waals surface area (Å²) in [4.78, 5) is 10.5. The number of nitrogens with two attached hydrogens (primary N) is 1. The van der Waals surface area contributed by atoms with Crippen LogP contribution in [0.25, 0.3) is 0 Å². The molecule has 1 unspecified atom stereocenters. The van der Waals surface area contributed by atoms with Gasteiger partial charge in [-0.25, -0.2) is 4.68 Å². The molecule has 20 heavy (non-hydrogen) atoms. The summed E-state index contributed by atoms with van der Waals surface area (Å²) in [6.07, 6.45) is 2.44. The van der Waals surface area contributed by atoms with E-state index in [-0.39, 0.29) is 18.3 Å². The number of aromatic nitrogens is 3. The molecule has 0 spiro atoms. The van der Waals surface area contributed by atoms with Crippen LogP contribution in [0.15, 0.2) is 24.4 Å². The highest BCUT2D eigenvalue weighted by atomic mass is 35.5. The van der Waals surface area contributed by atoms with E-state index in [1.807, 2.05) is 6.92 Å². The van der Waals surface area contributed by atoms with Gasteiger partial charge in [-0.05, 0) is 18.6 Å². The molecule has 2 rings (SSSR count). The second-order valence-electron chi connectivity index (χ2n) is 4.39. The van der Waals surface area contributed by atoms with Crippen LogP contribution in [0.2, 0.25) is 5.02 Å². The minimum Gasteiger partial charge on any atom is -0.323 e. The molecule has 0 saturated carbocycles. The molecule has 1 aromatic heterocycles. The minimum atomic E-state index is -0.443. The van der Waals surface area contributed by atoms with Crippen LogP contribution in [0.5, 0.6) is 0 Å². The maximum Gasteiger partial charge on any atom is 0.274 e. The number of nitro benzene ring substituents is 1. The first kappa shape index (κ1) is 14.4. The summed E-state index contributed by atoms with van der Waals surface area (Å²) in [6.45, 7) is 2.17. The monoisotopic (exact) mass is 295 g/mol. The number of nitro groups is 1. The molecule has 0 amide bonds. The summed E-state index contributed by atoms with van der Waals surface area (Å²) in [5.41, 5.74) is 7.00. The molecule has 2 aromatic rings. The lowest BCUT2D eigenvalue weighted by atomic mass is 10.1. The van der Waals surface area contributed by atoms with Crippen LogP contribution in [-0.2, 0) is 6.54 Å². The smallest absolute Gasteiger partial charge is 0.274 e. The average molecular weight is 296 g/mol. The van der Waals surface area contributed by atoms with Crippen molar-refractivity contribution in [1.29, 1.82) is 0 Å². The van der Waals surface area contributed by atoms with E-state index in [4.69, 9.17) is 17.3 Å². The molecule has 0 aliphatic carbocycles. The predicted molar refractivity (Wildman–Crippen MR) is 74.4 cm³/mol. The van der Waals surface area contributed by atoms with Gasteiger partial charge in [-0.2, -0.15) is 0 Å². The first-order chi connectivity index (χ1) is 9.51. The van der Waals surface area contributed by atoms with Crippen LogP contribution in [0.4, 0.5) is 5.69 Å². The summed E-state index contributed by atoms with van der Waals surface area (Å²) in [5.74, 6) is 0. The lowest BCUT2D eigenvalue weighted by molar-refractivity contribution is -0.385. The van der Waals surface area contributed by atoms with Gasteiger partial charge >= 0.3 is 0 Å². The third-order valence-electron chi connectivity index (χ3n) is 2.95. The summed E-state index contributed by atoms with van der Waals surface area (Å²) >= 11 is 5.88. The van der Waals surface area contributed by atoms with Gasteiger partial charge in [0, 0.05) is 11.1 Å². The Morgan fingerprint density at radius 2 is 2.30 bits per heavy atom. The third kappa shape index (κ3) is 3.12. The second kappa shape index (κ2) is 5.98. The van der Waals surface area contributed by atoms with Crippen molar-refractivity contribution in [3.05, 3.63) is 50.8 Å². The summed E-state index contributed by atoms with van der Waals surface area (Å²) in [7, 11) is 0. The Morgan fingerprint density at radius 1 is 1.55 bits per heavy atom. The number of hydrogen-bond donors (Lipinski definition) is 1. The maximum atomic E-state index is 11.0. The standard InChI is InChI=1S/C12H14ClN5O2/c1-2-10(14)11-7-17(16-15-11)6-8-5-9(13)3-4-12(8)18(19)20/h3-5,7,10H,2,6,14H2,1H3. The molecule has 7 nitrogen and oxygen atoms in total.